The first kappa shape index (κ1) is 13.3. The largest absolute Gasteiger partial charge is 0.324 e. The predicted molar refractivity (Wildman–Crippen MR) is 54.9 cm³/mol. The lowest BCUT2D eigenvalue weighted by atomic mass is 10.5. The van der Waals surface area contributed by atoms with Crippen LogP contribution >= 0.6 is 12.4 Å². The predicted octanol–water partition coefficient (Wildman–Crippen LogP) is 0.151. The van der Waals surface area contributed by atoms with Gasteiger partial charge in [-0.05, 0) is 0 Å². The zero-order chi connectivity index (χ0) is 9.90. The molecule has 1 heterocycles. The summed E-state index contributed by atoms with van der Waals surface area (Å²) in [5.41, 5.74) is 5.27. The van der Waals surface area contributed by atoms with Crippen LogP contribution in [0.1, 0.15) is 12.7 Å². The van der Waals surface area contributed by atoms with E-state index in [9.17, 15) is 8.42 Å². The standard InChI is InChI=1S/C7H11N3O2S.ClH/c1-2-13(11,12)6-4-9-7(3-8)10-5-6;/h4-5H,2-3,8H2,1H3;1H. The fraction of sp³-hybridized carbons (Fsp3) is 0.429. The Bertz CT molecular complexity index is 376. The SMILES string of the molecule is CCS(=O)(=O)c1cnc(CN)nc1.Cl. The Kier molecular flexibility index (Phi) is 4.96. The lowest BCUT2D eigenvalue weighted by Crippen LogP contribution is -2.08. The van der Waals surface area contributed by atoms with Crippen LogP contribution in [-0.2, 0) is 16.4 Å². The van der Waals surface area contributed by atoms with Gasteiger partial charge in [0.25, 0.3) is 0 Å². The molecule has 0 spiro atoms. The van der Waals surface area contributed by atoms with E-state index < -0.39 is 9.84 Å². The smallest absolute Gasteiger partial charge is 0.181 e. The van der Waals surface area contributed by atoms with Crippen LogP contribution in [0.25, 0.3) is 0 Å². The minimum absolute atomic E-state index is 0. The van der Waals surface area contributed by atoms with Gasteiger partial charge in [0.15, 0.2) is 9.84 Å². The molecule has 0 saturated heterocycles. The Labute approximate surface area is 89.1 Å². The van der Waals surface area contributed by atoms with Crippen molar-refractivity contribution in [1.29, 1.82) is 0 Å². The molecule has 0 atom stereocenters. The van der Waals surface area contributed by atoms with E-state index in [4.69, 9.17) is 5.73 Å². The van der Waals surface area contributed by atoms with Gasteiger partial charge in [-0.3, -0.25) is 0 Å². The first-order valence-electron chi connectivity index (χ1n) is 3.84. The maximum atomic E-state index is 11.3. The van der Waals surface area contributed by atoms with Crippen LogP contribution in [-0.4, -0.2) is 24.1 Å². The number of hydrogen-bond donors (Lipinski definition) is 1. The van der Waals surface area contributed by atoms with E-state index in [2.05, 4.69) is 9.97 Å². The van der Waals surface area contributed by atoms with Crippen molar-refractivity contribution in [3.05, 3.63) is 18.2 Å². The van der Waals surface area contributed by atoms with Crippen molar-refractivity contribution >= 4 is 22.2 Å². The van der Waals surface area contributed by atoms with Crippen molar-refractivity contribution in [2.45, 2.75) is 18.4 Å². The molecule has 0 saturated carbocycles. The van der Waals surface area contributed by atoms with Crippen LogP contribution < -0.4 is 5.73 Å². The van der Waals surface area contributed by atoms with Crippen LogP contribution in [0.2, 0.25) is 0 Å². The molecule has 1 aromatic heterocycles. The summed E-state index contributed by atoms with van der Waals surface area (Å²) in [5.74, 6) is 0.494. The Morgan fingerprint density at radius 2 is 1.86 bits per heavy atom. The van der Waals surface area contributed by atoms with Gasteiger partial charge in [-0.25, -0.2) is 18.4 Å². The zero-order valence-electron chi connectivity index (χ0n) is 7.67. The molecule has 0 radical (unpaired) electrons. The molecule has 1 aromatic rings. The molecule has 14 heavy (non-hydrogen) atoms. The van der Waals surface area contributed by atoms with Gasteiger partial charge in [0, 0.05) is 12.4 Å². The van der Waals surface area contributed by atoms with Gasteiger partial charge in [-0.2, -0.15) is 0 Å². The number of hydrogen-bond acceptors (Lipinski definition) is 5. The van der Waals surface area contributed by atoms with Gasteiger partial charge in [-0.1, -0.05) is 6.92 Å². The molecule has 80 valence electrons. The third-order valence-corrected chi connectivity index (χ3v) is 3.29. The molecule has 0 aliphatic carbocycles. The van der Waals surface area contributed by atoms with Crippen LogP contribution in [0.5, 0.6) is 0 Å². The highest BCUT2D eigenvalue weighted by molar-refractivity contribution is 7.91. The van der Waals surface area contributed by atoms with Gasteiger partial charge in [-0.15, -0.1) is 12.4 Å². The fourth-order valence-corrected chi connectivity index (χ4v) is 1.54. The van der Waals surface area contributed by atoms with E-state index in [-0.39, 0.29) is 29.6 Å². The number of sulfone groups is 1. The zero-order valence-corrected chi connectivity index (χ0v) is 9.31. The molecular formula is C7H12ClN3O2S. The third kappa shape index (κ3) is 2.90. The van der Waals surface area contributed by atoms with Crippen molar-refractivity contribution in [2.75, 3.05) is 5.75 Å². The molecule has 2 N–H and O–H groups in total. The minimum Gasteiger partial charge on any atom is -0.324 e. The Morgan fingerprint density at radius 3 is 2.21 bits per heavy atom. The van der Waals surface area contributed by atoms with Crippen LogP contribution in [0, 0.1) is 0 Å². The van der Waals surface area contributed by atoms with Crippen molar-refractivity contribution in [2.24, 2.45) is 5.73 Å². The highest BCUT2D eigenvalue weighted by Gasteiger charge is 2.11. The van der Waals surface area contributed by atoms with Gasteiger partial charge in [0.2, 0.25) is 0 Å². The Morgan fingerprint density at radius 1 is 1.36 bits per heavy atom. The quantitative estimate of drug-likeness (QED) is 0.809. The van der Waals surface area contributed by atoms with Gasteiger partial charge >= 0.3 is 0 Å². The summed E-state index contributed by atoms with van der Waals surface area (Å²) in [6.45, 7) is 1.79. The number of aromatic nitrogens is 2. The number of nitrogens with two attached hydrogens (primary N) is 1. The first-order valence-corrected chi connectivity index (χ1v) is 5.49. The van der Waals surface area contributed by atoms with E-state index in [0.717, 1.165) is 0 Å². The molecule has 0 aromatic carbocycles. The second-order valence-electron chi connectivity index (χ2n) is 2.44. The van der Waals surface area contributed by atoms with Crippen LogP contribution in [0.4, 0.5) is 0 Å². The Hall–Kier alpha value is -0.720. The van der Waals surface area contributed by atoms with Crippen molar-refractivity contribution < 1.29 is 8.42 Å². The van der Waals surface area contributed by atoms with Crippen molar-refractivity contribution in [3.8, 4) is 0 Å². The summed E-state index contributed by atoms with van der Waals surface area (Å²) in [6, 6.07) is 0. The second kappa shape index (κ2) is 5.23. The summed E-state index contributed by atoms with van der Waals surface area (Å²) in [7, 11) is -3.19. The average molecular weight is 238 g/mol. The summed E-state index contributed by atoms with van der Waals surface area (Å²) in [6.07, 6.45) is 2.57. The number of halogens is 1. The maximum absolute atomic E-state index is 11.3. The Balaban J connectivity index is 0.00000169. The first-order chi connectivity index (χ1) is 6.10. The molecule has 0 unspecified atom stereocenters. The molecule has 1 rings (SSSR count). The molecule has 0 aliphatic rings. The summed E-state index contributed by atoms with van der Waals surface area (Å²) in [5, 5.41) is 0. The van der Waals surface area contributed by atoms with Crippen LogP contribution in [0.15, 0.2) is 17.3 Å². The monoisotopic (exact) mass is 237 g/mol. The summed E-state index contributed by atoms with van der Waals surface area (Å²) < 4.78 is 22.6. The molecule has 7 heteroatoms. The van der Waals surface area contributed by atoms with Gasteiger partial charge in [0.1, 0.15) is 10.7 Å². The topological polar surface area (TPSA) is 85.9 Å². The molecule has 0 aliphatic heterocycles. The second-order valence-corrected chi connectivity index (χ2v) is 4.72. The molecule has 0 fully saturated rings. The normalized spacial score (nSPS) is 10.7. The van der Waals surface area contributed by atoms with Crippen molar-refractivity contribution in [3.63, 3.8) is 0 Å². The summed E-state index contributed by atoms with van der Waals surface area (Å²) in [4.78, 5) is 7.74. The van der Waals surface area contributed by atoms with E-state index >= 15 is 0 Å². The lowest BCUT2D eigenvalue weighted by Gasteiger charge is -2.00. The minimum atomic E-state index is -3.19. The number of rotatable bonds is 3. The van der Waals surface area contributed by atoms with Gasteiger partial charge < -0.3 is 5.73 Å². The summed E-state index contributed by atoms with van der Waals surface area (Å²) >= 11 is 0. The molecule has 0 bridgehead atoms. The number of nitrogens with zero attached hydrogens (tertiary/aromatic N) is 2. The van der Waals surface area contributed by atoms with Crippen molar-refractivity contribution in [1.82, 2.24) is 9.97 Å². The maximum Gasteiger partial charge on any atom is 0.181 e. The van der Waals surface area contributed by atoms with Gasteiger partial charge in [0.05, 0.1) is 12.3 Å². The van der Waals surface area contributed by atoms with E-state index in [1.54, 1.807) is 6.92 Å². The van der Waals surface area contributed by atoms with E-state index in [1.165, 1.54) is 12.4 Å². The van der Waals surface area contributed by atoms with E-state index in [0.29, 0.717) is 5.82 Å². The fourth-order valence-electron chi connectivity index (χ4n) is 0.776. The van der Waals surface area contributed by atoms with Crippen LogP contribution in [0.3, 0.4) is 0 Å². The highest BCUT2D eigenvalue weighted by Crippen LogP contribution is 2.07. The third-order valence-electron chi connectivity index (χ3n) is 1.60. The molecular weight excluding hydrogens is 226 g/mol. The molecule has 5 nitrogen and oxygen atoms in total. The lowest BCUT2D eigenvalue weighted by molar-refractivity contribution is 0.596. The van der Waals surface area contributed by atoms with E-state index in [1.807, 2.05) is 0 Å². The highest BCUT2D eigenvalue weighted by atomic mass is 35.5. The average Bonchev–Trinajstić information content (AvgIpc) is 2.18. The molecule has 0 amide bonds.